The molecular formula is C17H23FN2O2. The summed E-state index contributed by atoms with van der Waals surface area (Å²) in [5.41, 5.74) is 6.37. The molecule has 1 amide bonds. The maximum absolute atomic E-state index is 12.8. The Hall–Kier alpha value is -1.46. The first-order valence-corrected chi connectivity index (χ1v) is 7.99. The molecule has 2 unspecified atom stereocenters. The van der Waals surface area contributed by atoms with Gasteiger partial charge in [-0.05, 0) is 30.5 Å². The summed E-state index contributed by atoms with van der Waals surface area (Å²) in [5.74, 6) is 0.158. The summed E-state index contributed by atoms with van der Waals surface area (Å²) < 4.78 is 18.9. The summed E-state index contributed by atoms with van der Waals surface area (Å²) in [6, 6.07) is 7.37. The van der Waals surface area contributed by atoms with Crippen molar-refractivity contribution in [2.75, 3.05) is 26.4 Å². The number of amides is 1. The third-order valence-corrected chi connectivity index (χ3v) is 5.12. The van der Waals surface area contributed by atoms with E-state index in [1.165, 1.54) is 6.42 Å². The van der Waals surface area contributed by atoms with Crippen molar-refractivity contribution in [3.05, 3.63) is 35.4 Å². The van der Waals surface area contributed by atoms with Gasteiger partial charge in [-0.15, -0.1) is 0 Å². The molecule has 1 heterocycles. The van der Waals surface area contributed by atoms with Gasteiger partial charge in [0.15, 0.2) is 0 Å². The van der Waals surface area contributed by atoms with Crippen molar-refractivity contribution in [2.45, 2.75) is 24.9 Å². The second kappa shape index (κ2) is 6.34. The minimum absolute atomic E-state index is 0.0911. The molecule has 0 aromatic heterocycles. The highest BCUT2D eigenvalue weighted by molar-refractivity contribution is 5.92. The van der Waals surface area contributed by atoms with Crippen molar-refractivity contribution in [1.29, 1.82) is 0 Å². The molecule has 4 nitrogen and oxygen atoms in total. The van der Waals surface area contributed by atoms with E-state index in [1.54, 1.807) is 6.07 Å². The zero-order valence-corrected chi connectivity index (χ0v) is 12.7. The Kier molecular flexibility index (Phi) is 4.45. The molecule has 1 aliphatic carbocycles. The number of halogens is 1. The van der Waals surface area contributed by atoms with Crippen LogP contribution in [-0.2, 0) is 10.3 Å². The van der Waals surface area contributed by atoms with E-state index < -0.39 is 18.2 Å². The van der Waals surface area contributed by atoms with Crippen LogP contribution in [0.2, 0.25) is 0 Å². The van der Waals surface area contributed by atoms with Crippen molar-refractivity contribution in [1.82, 2.24) is 5.32 Å². The van der Waals surface area contributed by atoms with E-state index in [-0.39, 0.29) is 6.61 Å². The van der Waals surface area contributed by atoms with E-state index in [4.69, 9.17) is 10.5 Å². The van der Waals surface area contributed by atoms with Crippen LogP contribution in [0, 0.1) is 11.8 Å². The van der Waals surface area contributed by atoms with Gasteiger partial charge < -0.3 is 15.8 Å². The molecule has 120 valence electrons. The number of ether oxygens (including phenoxy) is 1. The van der Waals surface area contributed by atoms with Crippen molar-refractivity contribution in [2.24, 2.45) is 17.6 Å². The lowest BCUT2D eigenvalue weighted by atomic mass is 9.62. The maximum atomic E-state index is 12.8. The molecule has 3 N–H and O–H groups in total. The summed E-state index contributed by atoms with van der Waals surface area (Å²) in [7, 11) is 0. The first kappa shape index (κ1) is 15.4. The van der Waals surface area contributed by atoms with Crippen LogP contribution in [0.25, 0.3) is 0 Å². The van der Waals surface area contributed by atoms with Crippen LogP contribution >= 0.6 is 0 Å². The molecule has 1 saturated carbocycles. The highest BCUT2D eigenvalue weighted by Crippen LogP contribution is 2.50. The number of carbonyl (C=O) groups excluding carboxylic acids is 1. The molecule has 2 fully saturated rings. The lowest BCUT2D eigenvalue weighted by Crippen LogP contribution is -2.58. The summed E-state index contributed by atoms with van der Waals surface area (Å²) in [4.78, 5) is 11.5. The first-order chi connectivity index (χ1) is 10.7. The van der Waals surface area contributed by atoms with Crippen molar-refractivity contribution < 1.29 is 13.9 Å². The van der Waals surface area contributed by atoms with Gasteiger partial charge in [-0.2, -0.15) is 0 Å². The number of hydrogen-bond acceptors (Lipinski definition) is 3. The second-order valence-electron chi connectivity index (χ2n) is 6.26. The van der Waals surface area contributed by atoms with Gasteiger partial charge in [-0.3, -0.25) is 4.79 Å². The molecule has 1 aromatic rings. The monoisotopic (exact) mass is 306 g/mol. The number of nitrogens with one attached hydrogen (secondary N) is 1. The largest absolute Gasteiger partial charge is 0.367 e. The fourth-order valence-electron chi connectivity index (χ4n) is 4.23. The van der Waals surface area contributed by atoms with Crippen LogP contribution in [0.15, 0.2) is 24.3 Å². The summed E-state index contributed by atoms with van der Waals surface area (Å²) in [6.45, 7) is 1.32. The van der Waals surface area contributed by atoms with Gasteiger partial charge in [-0.1, -0.05) is 18.6 Å². The van der Waals surface area contributed by atoms with Crippen molar-refractivity contribution in [3.8, 4) is 0 Å². The average molecular weight is 306 g/mol. The topological polar surface area (TPSA) is 64.4 Å². The van der Waals surface area contributed by atoms with E-state index in [0.717, 1.165) is 31.5 Å². The Morgan fingerprint density at radius 1 is 1.36 bits per heavy atom. The molecule has 0 spiro atoms. The summed E-state index contributed by atoms with van der Waals surface area (Å²) >= 11 is 0. The van der Waals surface area contributed by atoms with Gasteiger partial charge in [0, 0.05) is 30.5 Å². The number of nitrogens with two attached hydrogens (primary N) is 1. The SMILES string of the molecule is NC(=O)c1cccc(C2(OCCF)C3CCCC2CNC3)c1. The molecule has 2 bridgehead atoms. The Morgan fingerprint density at radius 2 is 2.09 bits per heavy atom. The number of piperidine rings is 1. The summed E-state index contributed by atoms with van der Waals surface area (Å²) in [6.07, 6.45) is 3.28. The first-order valence-electron chi connectivity index (χ1n) is 7.99. The third kappa shape index (κ3) is 2.52. The van der Waals surface area contributed by atoms with Gasteiger partial charge in [-0.25, -0.2) is 4.39 Å². The lowest BCUT2D eigenvalue weighted by Gasteiger charge is -2.53. The molecule has 3 rings (SSSR count). The Labute approximate surface area is 130 Å². The lowest BCUT2D eigenvalue weighted by molar-refractivity contribution is -0.166. The van der Waals surface area contributed by atoms with Gasteiger partial charge in [0.2, 0.25) is 5.91 Å². The smallest absolute Gasteiger partial charge is 0.248 e. The predicted molar refractivity (Wildman–Crippen MR) is 82.3 cm³/mol. The van der Waals surface area contributed by atoms with Crippen LogP contribution in [0.4, 0.5) is 4.39 Å². The van der Waals surface area contributed by atoms with E-state index >= 15 is 0 Å². The molecule has 2 atom stereocenters. The van der Waals surface area contributed by atoms with Crippen LogP contribution < -0.4 is 11.1 Å². The molecular weight excluding hydrogens is 283 g/mol. The van der Waals surface area contributed by atoms with Gasteiger partial charge in [0.05, 0.1) is 6.61 Å². The Morgan fingerprint density at radius 3 is 2.73 bits per heavy atom. The van der Waals surface area contributed by atoms with E-state index in [2.05, 4.69) is 5.32 Å². The quantitative estimate of drug-likeness (QED) is 0.874. The fraction of sp³-hybridized carbons (Fsp3) is 0.588. The van der Waals surface area contributed by atoms with Gasteiger partial charge in [0.1, 0.15) is 12.3 Å². The third-order valence-electron chi connectivity index (χ3n) is 5.12. The van der Waals surface area contributed by atoms with Gasteiger partial charge >= 0.3 is 0 Å². The number of fused-ring (bicyclic) bond motifs is 2. The van der Waals surface area contributed by atoms with E-state index in [0.29, 0.717) is 17.4 Å². The molecule has 22 heavy (non-hydrogen) atoms. The fourth-order valence-corrected chi connectivity index (χ4v) is 4.23. The molecule has 0 radical (unpaired) electrons. The van der Waals surface area contributed by atoms with E-state index in [9.17, 15) is 9.18 Å². The van der Waals surface area contributed by atoms with Crippen LogP contribution in [0.1, 0.15) is 35.2 Å². The van der Waals surface area contributed by atoms with Gasteiger partial charge in [0.25, 0.3) is 0 Å². The standard InChI is InChI=1S/C17H23FN2O2/c18-7-8-22-17(13-4-1-3-12(9-13)16(19)21)14-5-2-6-15(17)11-20-10-14/h1,3-4,9,14-15,20H,2,5-8,10-11H2,(H2,19,21). The number of rotatable bonds is 5. The van der Waals surface area contributed by atoms with Crippen LogP contribution in [0.3, 0.4) is 0 Å². The molecule has 1 aromatic carbocycles. The Bertz CT molecular complexity index is 527. The van der Waals surface area contributed by atoms with Crippen LogP contribution in [0.5, 0.6) is 0 Å². The predicted octanol–water partition coefficient (Wildman–Crippen LogP) is 1.99. The highest BCUT2D eigenvalue weighted by atomic mass is 19.1. The Balaban J connectivity index is 2.05. The minimum Gasteiger partial charge on any atom is -0.367 e. The number of hydrogen-bond donors (Lipinski definition) is 2. The molecule has 2 aliphatic rings. The number of carbonyl (C=O) groups is 1. The number of alkyl halides is 1. The number of primary amides is 1. The zero-order valence-electron chi connectivity index (χ0n) is 12.7. The zero-order chi connectivity index (χ0) is 15.6. The highest BCUT2D eigenvalue weighted by Gasteiger charge is 2.51. The molecule has 1 aliphatic heterocycles. The number of benzene rings is 1. The van der Waals surface area contributed by atoms with Crippen molar-refractivity contribution >= 4 is 5.91 Å². The average Bonchev–Trinajstić information content (AvgIpc) is 2.52. The van der Waals surface area contributed by atoms with Crippen molar-refractivity contribution in [3.63, 3.8) is 0 Å². The van der Waals surface area contributed by atoms with Crippen LogP contribution in [-0.4, -0.2) is 32.3 Å². The maximum Gasteiger partial charge on any atom is 0.248 e. The minimum atomic E-state index is -0.499. The van der Waals surface area contributed by atoms with E-state index in [1.807, 2.05) is 18.2 Å². The normalized spacial score (nSPS) is 31.0. The second-order valence-corrected chi connectivity index (χ2v) is 6.26. The molecule has 5 heteroatoms. The summed E-state index contributed by atoms with van der Waals surface area (Å²) in [5, 5.41) is 3.46. The molecule has 1 saturated heterocycles.